The van der Waals surface area contributed by atoms with Crippen molar-refractivity contribution in [3.05, 3.63) is 60.2 Å². The summed E-state index contributed by atoms with van der Waals surface area (Å²) in [4.78, 5) is 32.3. The van der Waals surface area contributed by atoms with Gasteiger partial charge >= 0.3 is 0 Å². The number of nitrogens with zero attached hydrogens (tertiary/aromatic N) is 2. The predicted molar refractivity (Wildman–Crippen MR) is 108 cm³/mol. The third-order valence-corrected chi connectivity index (χ3v) is 5.40. The molecule has 0 saturated heterocycles. The van der Waals surface area contributed by atoms with Crippen molar-refractivity contribution in [3.63, 3.8) is 0 Å². The second-order valence-electron chi connectivity index (χ2n) is 7.18. The van der Waals surface area contributed by atoms with Gasteiger partial charge in [0.25, 0.3) is 5.91 Å². The Morgan fingerprint density at radius 3 is 2.43 bits per heavy atom. The van der Waals surface area contributed by atoms with Gasteiger partial charge in [-0.3, -0.25) is 14.6 Å². The number of ether oxygens (including phenoxy) is 1. The second-order valence-corrected chi connectivity index (χ2v) is 7.18. The fourth-order valence-electron chi connectivity index (χ4n) is 3.98. The van der Waals surface area contributed by atoms with Crippen molar-refractivity contribution in [2.75, 3.05) is 19.0 Å². The number of carbonyl (C=O) groups excluding carboxylic acids is 2. The minimum Gasteiger partial charge on any atom is -0.497 e. The van der Waals surface area contributed by atoms with Gasteiger partial charge in [-0.2, -0.15) is 0 Å². The van der Waals surface area contributed by atoms with E-state index in [0.717, 1.165) is 37.0 Å². The van der Waals surface area contributed by atoms with E-state index < -0.39 is 5.66 Å². The Bertz CT molecular complexity index is 900. The summed E-state index contributed by atoms with van der Waals surface area (Å²) in [5.74, 6) is 0.325. The zero-order valence-corrected chi connectivity index (χ0v) is 15.9. The number of hydrogen-bond acceptors (Lipinski definition) is 4. The lowest BCUT2D eigenvalue weighted by Crippen LogP contribution is -2.48. The number of benzene rings is 2. The number of anilines is 1. The Hall–Kier alpha value is -3.15. The summed E-state index contributed by atoms with van der Waals surface area (Å²) < 4.78 is 5.13. The zero-order chi connectivity index (χ0) is 19.6. The standard InChI is InChI=1S/C22H23N3O3/c1-28-18-11-9-17(10-12-18)23-19(26)15-25-21(27)20(16-7-3-2-4-8-16)24-22(25)13-5-6-14-22/h2-4,7-12H,5-6,13-15H2,1H3,(H,23,26). The molecule has 2 aliphatic rings. The van der Waals surface area contributed by atoms with E-state index in [-0.39, 0.29) is 18.4 Å². The van der Waals surface area contributed by atoms with Crippen molar-refractivity contribution in [2.45, 2.75) is 31.3 Å². The molecule has 0 bridgehead atoms. The number of carbonyl (C=O) groups is 2. The summed E-state index contributed by atoms with van der Waals surface area (Å²) in [6, 6.07) is 16.6. The molecule has 2 aromatic rings. The lowest BCUT2D eigenvalue weighted by Gasteiger charge is -2.32. The highest BCUT2D eigenvalue weighted by Crippen LogP contribution is 2.40. The minimum atomic E-state index is -0.584. The molecule has 1 saturated carbocycles. The van der Waals surface area contributed by atoms with E-state index in [4.69, 9.17) is 9.73 Å². The van der Waals surface area contributed by atoms with E-state index in [9.17, 15) is 9.59 Å². The molecule has 2 amide bonds. The molecule has 1 heterocycles. The summed E-state index contributed by atoms with van der Waals surface area (Å²) in [6.07, 6.45) is 3.61. The summed E-state index contributed by atoms with van der Waals surface area (Å²) >= 11 is 0. The molecular weight excluding hydrogens is 354 g/mol. The molecule has 6 heteroatoms. The number of hydrogen-bond donors (Lipinski definition) is 1. The molecule has 0 aromatic heterocycles. The molecule has 0 unspecified atom stereocenters. The van der Waals surface area contributed by atoms with Gasteiger partial charge in [0.1, 0.15) is 23.7 Å². The Kier molecular flexibility index (Phi) is 4.86. The van der Waals surface area contributed by atoms with Crippen LogP contribution >= 0.6 is 0 Å². The second kappa shape index (κ2) is 7.46. The third kappa shape index (κ3) is 3.38. The van der Waals surface area contributed by atoms with E-state index in [0.29, 0.717) is 11.4 Å². The van der Waals surface area contributed by atoms with Crippen LogP contribution in [0.15, 0.2) is 59.6 Å². The molecule has 2 aromatic carbocycles. The van der Waals surface area contributed by atoms with Gasteiger partial charge in [-0.15, -0.1) is 0 Å². The highest BCUT2D eigenvalue weighted by molar-refractivity contribution is 6.47. The van der Waals surface area contributed by atoms with Crippen LogP contribution in [0.2, 0.25) is 0 Å². The molecule has 6 nitrogen and oxygen atoms in total. The molecule has 4 rings (SSSR count). The summed E-state index contributed by atoms with van der Waals surface area (Å²) in [7, 11) is 1.60. The van der Waals surface area contributed by atoms with Crippen LogP contribution in [0.4, 0.5) is 5.69 Å². The first-order valence-electron chi connectivity index (χ1n) is 9.52. The minimum absolute atomic E-state index is 0.00923. The maximum absolute atomic E-state index is 13.1. The monoisotopic (exact) mass is 377 g/mol. The third-order valence-electron chi connectivity index (χ3n) is 5.40. The van der Waals surface area contributed by atoms with Gasteiger partial charge in [0.15, 0.2) is 0 Å². The summed E-state index contributed by atoms with van der Waals surface area (Å²) in [6.45, 7) is -0.00923. The average Bonchev–Trinajstić information content (AvgIpc) is 3.30. The van der Waals surface area contributed by atoms with Crippen LogP contribution in [0, 0.1) is 0 Å². The van der Waals surface area contributed by atoms with Gasteiger partial charge in [0.2, 0.25) is 5.91 Å². The van der Waals surface area contributed by atoms with Gasteiger partial charge in [-0.25, -0.2) is 0 Å². The van der Waals surface area contributed by atoms with Crippen LogP contribution < -0.4 is 10.1 Å². The normalized spacial score (nSPS) is 17.7. The smallest absolute Gasteiger partial charge is 0.275 e. The topological polar surface area (TPSA) is 71.0 Å². The molecule has 28 heavy (non-hydrogen) atoms. The first-order valence-corrected chi connectivity index (χ1v) is 9.52. The Morgan fingerprint density at radius 2 is 1.79 bits per heavy atom. The molecule has 144 valence electrons. The zero-order valence-electron chi connectivity index (χ0n) is 15.9. The SMILES string of the molecule is COc1ccc(NC(=O)CN2C(=O)C(c3ccccc3)=NC23CCCC3)cc1. The van der Waals surface area contributed by atoms with Gasteiger partial charge in [-0.05, 0) is 49.9 Å². The van der Waals surface area contributed by atoms with Gasteiger partial charge in [0.05, 0.1) is 7.11 Å². The maximum Gasteiger partial charge on any atom is 0.275 e. The summed E-state index contributed by atoms with van der Waals surface area (Å²) in [5.41, 5.74) is 1.35. The van der Waals surface area contributed by atoms with Crippen molar-refractivity contribution in [3.8, 4) is 5.75 Å². The fraction of sp³-hybridized carbons (Fsp3) is 0.318. The van der Waals surface area contributed by atoms with Crippen molar-refractivity contribution in [1.82, 2.24) is 4.90 Å². The molecule has 0 radical (unpaired) electrons. The quantitative estimate of drug-likeness (QED) is 0.870. The maximum atomic E-state index is 13.1. The van der Waals surface area contributed by atoms with Crippen molar-refractivity contribution < 1.29 is 14.3 Å². The van der Waals surface area contributed by atoms with Crippen LogP contribution in [0.25, 0.3) is 0 Å². The van der Waals surface area contributed by atoms with Crippen molar-refractivity contribution in [1.29, 1.82) is 0 Å². The van der Waals surface area contributed by atoms with E-state index >= 15 is 0 Å². The molecule has 1 spiro atoms. The van der Waals surface area contributed by atoms with E-state index in [2.05, 4.69) is 5.32 Å². The Labute approximate surface area is 164 Å². The number of aliphatic imine (C=N–C) groups is 1. The molecule has 1 fully saturated rings. The van der Waals surface area contributed by atoms with Crippen LogP contribution in [-0.2, 0) is 9.59 Å². The fourth-order valence-corrected chi connectivity index (χ4v) is 3.98. The van der Waals surface area contributed by atoms with Crippen LogP contribution in [0.5, 0.6) is 5.75 Å². The molecule has 1 N–H and O–H groups in total. The highest BCUT2D eigenvalue weighted by Gasteiger charge is 2.49. The van der Waals surface area contributed by atoms with E-state index in [1.165, 1.54) is 0 Å². The Balaban J connectivity index is 1.53. The van der Waals surface area contributed by atoms with Crippen LogP contribution in [0.3, 0.4) is 0 Å². The van der Waals surface area contributed by atoms with Crippen LogP contribution in [0.1, 0.15) is 31.2 Å². The number of amides is 2. The van der Waals surface area contributed by atoms with Crippen molar-refractivity contribution in [2.24, 2.45) is 4.99 Å². The van der Waals surface area contributed by atoms with Gasteiger partial charge in [-0.1, -0.05) is 30.3 Å². The predicted octanol–water partition coefficient (Wildman–Crippen LogP) is 3.24. The molecular formula is C22H23N3O3. The first-order chi connectivity index (χ1) is 13.6. The number of rotatable bonds is 5. The first kappa shape index (κ1) is 18.2. The lowest BCUT2D eigenvalue weighted by molar-refractivity contribution is -0.132. The Morgan fingerprint density at radius 1 is 1.11 bits per heavy atom. The van der Waals surface area contributed by atoms with Gasteiger partial charge in [0, 0.05) is 11.3 Å². The summed E-state index contributed by atoms with van der Waals surface area (Å²) in [5, 5.41) is 2.86. The van der Waals surface area contributed by atoms with Gasteiger partial charge < -0.3 is 15.0 Å². The number of nitrogens with one attached hydrogen (secondary N) is 1. The molecule has 1 aliphatic carbocycles. The van der Waals surface area contributed by atoms with E-state index in [1.807, 2.05) is 30.3 Å². The van der Waals surface area contributed by atoms with Crippen LogP contribution in [-0.4, -0.2) is 41.7 Å². The molecule has 0 atom stereocenters. The van der Waals surface area contributed by atoms with Crippen molar-refractivity contribution >= 4 is 23.2 Å². The van der Waals surface area contributed by atoms with E-state index in [1.54, 1.807) is 36.3 Å². The highest BCUT2D eigenvalue weighted by atomic mass is 16.5. The molecule has 1 aliphatic heterocycles. The average molecular weight is 377 g/mol. The number of methoxy groups -OCH3 is 1. The largest absolute Gasteiger partial charge is 0.497 e. The lowest BCUT2D eigenvalue weighted by atomic mass is 10.1.